The Labute approximate surface area is 405 Å². The van der Waals surface area contributed by atoms with Gasteiger partial charge in [0.15, 0.2) is 17.5 Å². The lowest BCUT2D eigenvalue weighted by atomic mass is 9.81. The molecule has 12 aromatic rings. The Morgan fingerprint density at radius 2 is 1.00 bits per heavy atom. The third-order valence-electron chi connectivity index (χ3n) is 14.1. The molecule has 1 aliphatic rings. The van der Waals surface area contributed by atoms with Crippen LogP contribution in [0.4, 0.5) is 0 Å². The van der Waals surface area contributed by atoms with Crippen LogP contribution in [0, 0.1) is 0 Å². The van der Waals surface area contributed by atoms with Crippen LogP contribution in [0.15, 0.2) is 212 Å². The van der Waals surface area contributed by atoms with E-state index in [4.69, 9.17) is 26.6 Å². The minimum atomic E-state index is -0.131. The Hall–Kier alpha value is -8.38. The highest BCUT2D eigenvalue weighted by molar-refractivity contribution is 6.30. The molecule has 9 aromatic carbocycles. The van der Waals surface area contributed by atoms with Gasteiger partial charge >= 0.3 is 0 Å². The van der Waals surface area contributed by atoms with Crippen LogP contribution in [0.5, 0.6) is 0 Å². The fourth-order valence-corrected chi connectivity index (χ4v) is 10.8. The summed E-state index contributed by atoms with van der Waals surface area (Å²) >= 11 is 6.20. The Kier molecular flexibility index (Phi) is 9.57. The second-order valence-corrected chi connectivity index (χ2v) is 19.1. The van der Waals surface area contributed by atoms with E-state index in [0.29, 0.717) is 22.5 Å². The molecule has 69 heavy (non-hydrogen) atoms. The first-order valence-corrected chi connectivity index (χ1v) is 23.9. The van der Waals surface area contributed by atoms with Gasteiger partial charge < -0.3 is 9.55 Å². The maximum absolute atomic E-state index is 6.20. The first kappa shape index (κ1) is 40.9. The van der Waals surface area contributed by atoms with Crippen LogP contribution in [0.3, 0.4) is 0 Å². The molecule has 0 saturated heterocycles. The smallest absolute Gasteiger partial charge is 0.164 e. The highest BCUT2D eigenvalue weighted by atomic mass is 35.5. The number of para-hydroxylation sites is 1. The highest BCUT2D eigenvalue weighted by Gasteiger charge is 2.41. The molecule has 0 atom stereocenters. The molecule has 0 saturated carbocycles. The molecule has 1 N–H and O–H groups in total. The number of hydrogen-bond donors (Lipinski definition) is 1. The summed E-state index contributed by atoms with van der Waals surface area (Å²) in [7, 11) is 0. The molecule has 0 radical (unpaired) electrons. The van der Waals surface area contributed by atoms with E-state index >= 15 is 0 Å². The van der Waals surface area contributed by atoms with Crippen LogP contribution in [-0.2, 0) is 11.8 Å². The zero-order valence-corrected chi connectivity index (χ0v) is 38.8. The number of rotatable bonds is 8. The van der Waals surface area contributed by atoms with Gasteiger partial charge in [-0.1, -0.05) is 195 Å². The lowest BCUT2D eigenvalue weighted by Crippen LogP contribution is -2.14. The summed E-state index contributed by atoms with van der Waals surface area (Å²) < 4.78 is 2.50. The third-order valence-corrected chi connectivity index (χ3v) is 14.3. The molecular weight excluding hydrogens is 862 g/mol. The van der Waals surface area contributed by atoms with E-state index in [0.717, 1.165) is 39.8 Å². The minimum absolute atomic E-state index is 0.131. The maximum atomic E-state index is 6.20. The van der Waals surface area contributed by atoms with Crippen LogP contribution < -0.4 is 0 Å². The van der Waals surface area contributed by atoms with Crippen molar-refractivity contribution < 1.29 is 0 Å². The summed E-state index contributed by atoms with van der Waals surface area (Å²) in [5.41, 5.74) is 19.7. The predicted octanol–water partition coefficient (Wildman–Crippen LogP) is 16.3. The quantitative estimate of drug-likeness (QED) is 0.165. The van der Waals surface area contributed by atoms with Gasteiger partial charge in [-0.3, -0.25) is 0 Å². The van der Waals surface area contributed by atoms with Crippen LogP contribution in [-0.4, -0.2) is 24.5 Å². The average molecular weight is 907 g/mol. The normalized spacial score (nSPS) is 12.7. The third kappa shape index (κ3) is 6.96. The molecule has 328 valence electrons. The van der Waals surface area contributed by atoms with Crippen LogP contribution in [0.25, 0.3) is 106 Å². The molecule has 0 fully saturated rings. The fraction of sp³-hybridized carbons (Fsp3) is 0.0635. The predicted molar refractivity (Wildman–Crippen MR) is 285 cm³/mol. The monoisotopic (exact) mass is 905 g/mol. The number of halogens is 1. The van der Waals surface area contributed by atoms with E-state index in [-0.39, 0.29) is 5.41 Å². The van der Waals surface area contributed by atoms with Gasteiger partial charge in [-0.25, -0.2) is 15.0 Å². The van der Waals surface area contributed by atoms with E-state index in [2.05, 4.69) is 175 Å². The Bertz CT molecular complexity index is 3930. The molecule has 0 bridgehead atoms. The van der Waals surface area contributed by atoms with Gasteiger partial charge in [0.25, 0.3) is 0 Å². The van der Waals surface area contributed by atoms with Crippen molar-refractivity contribution in [2.24, 2.45) is 0 Å². The summed E-state index contributed by atoms with van der Waals surface area (Å²) in [5.74, 6) is 1.89. The van der Waals surface area contributed by atoms with Gasteiger partial charge in [0.1, 0.15) is 0 Å². The van der Waals surface area contributed by atoms with Crippen LogP contribution in [0.2, 0.25) is 5.02 Å². The van der Waals surface area contributed by atoms with Gasteiger partial charge in [-0.2, -0.15) is 0 Å². The van der Waals surface area contributed by atoms with Crippen molar-refractivity contribution in [3.8, 4) is 73.4 Å². The molecule has 0 aliphatic heterocycles. The lowest BCUT2D eigenvalue weighted by molar-refractivity contribution is 0.666. The number of nitrogens with zero attached hydrogens (tertiary/aromatic N) is 4. The van der Waals surface area contributed by atoms with Gasteiger partial charge in [0, 0.05) is 60.1 Å². The van der Waals surface area contributed by atoms with Crippen molar-refractivity contribution in [3.05, 3.63) is 240 Å². The number of aromatic nitrogens is 5. The van der Waals surface area contributed by atoms with Crippen LogP contribution in [0.1, 0.15) is 36.1 Å². The fourth-order valence-electron chi connectivity index (χ4n) is 10.7. The average Bonchev–Trinajstić information content (AvgIpc) is 4.03. The largest absolute Gasteiger partial charge is 0.353 e. The second-order valence-electron chi connectivity index (χ2n) is 18.7. The summed E-state index contributed by atoms with van der Waals surface area (Å²) in [6.07, 6.45) is 0.805. The van der Waals surface area contributed by atoms with E-state index < -0.39 is 0 Å². The zero-order chi connectivity index (χ0) is 46.2. The van der Waals surface area contributed by atoms with E-state index in [1.165, 1.54) is 77.5 Å². The number of benzene rings is 9. The van der Waals surface area contributed by atoms with E-state index in [1.54, 1.807) is 0 Å². The summed E-state index contributed by atoms with van der Waals surface area (Å²) in [4.78, 5) is 18.9. The van der Waals surface area contributed by atoms with Crippen molar-refractivity contribution in [2.75, 3.05) is 0 Å². The molecule has 3 heterocycles. The standard InChI is InChI=1S/C63H44ClN5/c1-63(2)54-19-10-9-18-51(54)58-56(63)52-34-33-50-53-38-46(30-35-55(53)65-57(50)59(52)69(58)49-16-7-4-8-17-49)41-24-20-39(21-25-41)36-40-22-26-44(27-23-40)61-66-60(43-12-5-3-6-13-43)67-62(68-61)47-15-11-14-45(37-47)42-28-31-48(64)32-29-42/h3-35,37-38,65H,36H2,1-2H3. The topological polar surface area (TPSA) is 59.4 Å². The molecule has 3 aromatic heterocycles. The molecule has 0 spiro atoms. The van der Waals surface area contributed by atoms with Gasteiger partial charge in [0.2, 0.25) is 0 Å². The van der Waals surface area contributed by atoms with E-state index in [9.17, 15) is 0 Å². The van der Waals surface area contributed by atoms with Crippen molar-refractivity contribution in [1.82, 2.24) is 24.5 Å². The Morgan fingerprint density at radius 3 is 1.71 bits per heavy atom. The SMILES string of the molecule is CC1(C)c2ccccc2-c2c1c1ccc3c4cc(-c5ccc(Cc6ccc(-c7nc(-c8ccccc8)nc(-c8cccc(-c9ccc(Cl)cc9)c8)n7)cc6)cc5)ccc4[nH]c3c1n2-c1ccccc1. The lowest BCUT2D eigenvalue weighted by Gasteiger charge is -2.21. The number of H-pyrrole nitrogens is 1. The first-order chi connectivity index (χ1) is 33.8. The second kappa shape index (κ2) is 16.2. The zero-order valence-electron chi connectivity index (χ0n) is 38.1. The molecule has 0 unspecified atom stereocenters. The number of hydrogen-bond acceptors (Lipinski definition) is 3. The summed E-state index contributed by atoms with van der Waals surface area (Å²) in [5, 5.41) is 4.46. The molecule has 1 aliphatic carbocycles. The number of fused-ring (bicyclic) bond motifs is 9. The van der Waals surface area contributed by atoms with Gasteiger partial charge in [-0.05, 0) is 93.4 Å². The summed E-state index contributed by atoms with van der Waals surface area (Å²) in [6.45, 7) is 4.74. The van der Waals surface area contributed by atoms with Gasteiger partial charge in [-0.15, -0.1) is 0 Å². The maximum Gasteiger partial charge on any atom is 0.164 e. The van der Waals surface area contributed by atoms with Crippen molar-refractivity contribution in [3.63, 3.8) is 0 Å². The van der Waals surface area contributed by atoms with Crippen molar-refractivity contribution >= 4 is 44.3 Å². The Balaban J connectivity index is 0.800. The van der Waals surface area contributed by atoms with Crippen molar-refractivity contribution in [1.29, 1.82) is 0 Å². The number of nitrogens with one attached hydrogen (secondary N) is 1. The molecule has 0 amide bonds. The van der Waals surface area contributed by atoms with Gasteiger partial charge in [0.05, 0.1) is 16.7 Å². The molecule has 13 rings (SSSR count). The minimum Gasteiger partial charge on any atom is -0.353 e. The highest BCUT2D eigenvalue weighted by Crippen LogP contribution is 2.54. The first-order valence-electron chi connectivity index (χ1n) is 23.5. The molecule has 5 nitrogen and oxygen atoms in total. The number of aromatic amines is 1. The molecule has 6 heteroatoms. The van der Waals surface area contributed by atoms with Crippen LogP contribution >= 0.6 is 11.6 Å². The van der Waals surface area contributed by atoms with E-state index in [1.807, 2.05) is 60.7 Å². The Morgan fingerprint density at radius 1 is 0.464 bits per heavy atom. The molecular formula is C63H44ClN5. The summed E-state index contributed by atoms with van der Waals surface area (Å²) in [6, 6.07) is 75.2. The van der Waals surface area contributed by atoms with Crippen molar-refractivity contribution in [2.45, 2.75) is 25.7 Å².